The zero-order chi connectivity index (χ0) is 16.5. The minimum absolute atomic E-state index is 0.239. The first-order valence-electron chi connectivity index (χ1n) is 7.49. The van der Waals surface area contributed by atoms with Crippen LogP contribution in [0.4, 0.5) is 0 Å². The second-order valence-corrected chi connectivity index (χ2v) is 5.82. The van der Waals surface area contributed by atoms with Crippen molar-refractivity contribution >= 4 is 12.2 Å². The highest BCUT2D eigenvalue weighted by molar-refractivity contribution is 7.71. The van der Waals surface area contributed by atoms with E-state index in [0.717, 1.165) is 22.6 Å². The van der Waals surface area contributed by atoms with Crippen LogP contribution in [0.25, 0.3) is 28.5 Å². The second kappa shape index (κ2) is 5.90. The van der Waals surface area contributed by atoms with Crippen molar-refractivity contribution in [3.63, 3.8) is 0 Å². The molecule has 0 spiro atoms. The van der Waals surface area contributed by atoms with Crippen LogP contribution in [0.2, 0.25) is 0 Å². The molecule has 0 unspecified atom stereocenters. The molecule has 0 aliphatic carbocycles. The van der Waals surface area contributed by atoms with Crippen molar-refractivity contribution in [3.8, 4) is 28.5 Å². The smallest absolute Gasteiger partial charge is 0.284 e. The molecule has 2 aromatic carbocycles. The summed E-state index contributed by atoms with van der Waals surface area (Å²) in [7, 11) is 0. The Bertz CT molecular complexity index is 1030. The highest BCUT2D eigenvalue weighted by Crippen LogP contribution is 2.27. The summed E-state index contributed by atoms with van der Waals surface area (Å²) in [6.45, 7) is 2.05. The Morgan fingerprint density at radius 2 is 1.79 bits per heavy atom. The number of nitrogens with zero attached hydrogens (tertiary/aromatic N) is 3. The number of aromatic nitrogens is 4. The van der Waals surface area contributed by atoms with Gasteiger partial charge in [-0.3, -0.25) is 0 Å². The van der Waals surface area contributed by atoms with E-state index in [2.05, 4.69) is 17.1 Å². The van der Waals surface area contributed by atoms with Crippen LogP contribution in [0.3, 0.4) is 0 Å². The van der Waals surface area contributed by atoms with Crippen LogP contribution < -0.4 is 0 Å². The first kappa shape index (κ1) is 14.6. The van der Waals surface area contributed by atoms with Crippen molar-refractivity contribution in [1.29, 1.82) is 0 Å². The summed E-state index contributed by atoms with van der Waals surface area (Å²) in [6, 6.07) is 20.1. The van der Waals surface area contributed by atoms with Crippen molar-refractivity contribution in [2.75, 3.05) is 0 Å². The van der Waals surface area contributed by atoms with Gasteiger partial charge in [-0.25, -0.2) is 9.78 Å². The van der Waals surface area contributed by atoms with Gasteiger partial charge in [0.15, 0.2) is 0 Å². The fourth-order valence-corrected chi connectivity index (χ4v) is 2.63. The lowest BCUT2D eigenvalue weighted by atomic mass is 10.1. The Labute approximate surface area is 143 Å². The second-order valence-electron chi connectivity index (χ2n) is 5.45. The molecule has 2 heterocycles. The van der Waals surface area contributed by atoms with Crippen LogP contribution in [0, 0.1) is 11.8 Å². The van der Waals surface area contributed by atoms with Crippen molar-refractivity contribution < 1.29 is 4.42 Å². The average Bonchev–Trinajstić information content (AvgIpc) is 3.23. The third-order valence-electron chi connectivity index (χ3n) is 3.71. The lowest BCUT2D eigenvalue weighted by Gasteiger charge is -2.05. The number of H-pyrrole nitrogens is 1. The molecule has 0 fully saturated rings. The van der Waals surface area contributed by atoms with Crippen LogP contribution in [-0.2, 0) is 0 Å². The van der Waals surface area contributed by atoms with Crippen LogP contribution in [0.5, 0.6) is 0 Å². The lowest BCUT2D eigenvalue weighted by molar-refractivity contribution is 0.547. The first-order chi connectivity index (χ1) is 11.7. The van der Waals surface area contributed by atoms with E-state index in [9.17, 15) is 0 Å². The van der Waals surface area contributed by atoms with Crippen LogP contribution in [0.1, 0.15) is 5.56 Å². The summed E-state index contributed by atoms with van der Waals surface area (Å²) in [5.74, 6) is 0.412. The summed E-state index contributed by atoms with van der Waals surface area (Å²) in [6.07, 6.45) is 0. The molecular formula is C18H14N4OS. The fraction of sp³-hybridized carbons (Fsp3) is 0.0556. The van der Waals surface area contributed by atoms with E-state index in [1.807, 2.05) is 65.3 Å². The highest BCUT2D eigenvalue weighted by atomic mass is 32.1. The minimum atomic E-state index is 0.239. The minimum Gasteiger partial charge on any atom is -0.408 e. The van der Waals surface area contributed by atoms with Crippen molar-refractivity contribution in [2.45, 2.75) is 6.92 Å². The number of benzene rings is 2. The summed E-state index contributed by atoms with van der Waals surface area (Å²) < 4.78 is 7.31. The maximum Gasteiger partial charge on any atom is 0.284 e. The molecule has 0 saturated carbocycles. The number of hydrogen-bond donors (Lipinski definition) is 1. The third-order valence-corrected chi connectivity index (χ3v) is 3.89. The maximum absolute atomic E-state index is 5.49. The van der Waals surface area contributed by atoms with Gasteiger partial charge in [0, 0.05) is 5.56 Å². The van der Waals surface area contributed by atoms with E-state index in [-0.39, 0.29) is 4.84 Å². The molecule has 4 rings (SSSR count). The van der Waals surface area contributed by atoms with Gasteiger partial charge >= 0.3 is 0 Å². The van der Waals surface area contributed by atoms with Crippen LogP contribution >= 0.6 is 12.2 Å². The molecule has 5 nitrogen and oxygen atoms in total. The average molecular weight is 334 g/mol. The van der Waals surface area contributed by atoms with Gasteiger partial charge in [0.05, 0.1) is 11.4 Å². The Morgan fingerprint density at radius 1 is 1.04 bits per heavy atom. The van der Waals surface area contributed by atoms with E-state index < -0.39 is 0 Å². The number of aromatic amines is 1. The first-order valence-corrected chi connectivity index (χ1v) is 7.90. The molecule has 4 aromatic rings. The molecule has 0 aliphatic heterocycles. The maximum atomic E-state index is 5.49. The lowest BCUT2D eigenvalue weighted by Crippen LogP contribution is -1.99. The van der Waals surface area contributed by atoms with Gasteiger partial charge < -0.3 is 4.42 Å². The SMILES string of the molecule is Cc1ccc(-n2nc(-c3ccccc3)cc2-c2n[nH]c(=S)o2)cc1. The Hall–Kier alpha value is -2.99. The van der Waals surface area contributed by atoms with Crippen LogP contribution in [0.15, 0.2) is 65.1 Å². The van der Waals surface area contributed by atoms with Gasteiger partial charge in [0.2, 0.25) is 0 Å². The Morgan fingerprint density at radius 3 is 2.46 bits per heavy atom. The quantitative estimate of drug-likeness (QED) is 0.558. The van der Waals surface area contributed by atoms with E-state index in [1.54, 1.807) is 0 Å². The van der Waals surface area contributed by atoms with Gasteiger partial charge in [0.1, 0.15) is 5.69 Å². The monoisotopic (exact) mass is 334 g/mol. The predicted octanol–water partition coefficient (Wildman–Crippen LogP) is 4.56. The molecule has 0 amide bonds. The molecule has 0 radical (unpaired) electrons. The van der Waals surface area contributed by atoms with E-state index >= 15 is 0 Å². The molecule has 0 aliphatic rings. The van der Waals surface area contributed by atoms with Crippen molar-refractivity contribution in [2.24, 2.45) is 0 Å². The standard InChI is InChI=1S/C18H14N4OS/c1-12-7-9-14(10-8-12)22-16(17-19-20-18(24)23-17)11-15(21-22)13-5-3-2-4-6-13/h2-11H,1H3,(H,20,24). The van der Waals surface area contributed by atoms with E-state index in [0.29, 0.717) is 5.89 Å². The number of hydrogen-bond acceptors (Lipinski definition) is 4. The molecule has 2 aromatic heterocycles. The van der Waals surface area contributed by atoms with Crippen molar-refractivity contribution in [3.05, 3.63) is 71.1 Å². The van der Waals surface area contributed by atoms with Gasteiger partial charge in [-0.15, -0.1) is 5.10 Å². The Balaban J connectivity index is 1.91. The number of rotatable bonds is 3. The topological polar surface area (TPSA) is 59.6 Å². The van der Waals surface area contributed by atoms with Gasteiger partial charge in [0.25, 0.3) is 10.7 Å². The summed E-state index contributed by atoms with van der Waals surface area (Å²) in [5.41, 5.74) is 4.73. The number of nitrogens with one attached hydrogen (secondary N) is 1. The molecule has 0 atom stereocenters. The summed E-state index contributed by atoms with van der Waals surface area (Å²) in [5, 5.41) is 11.5. The largest absolute Gasteiger partial charge is 0.408 e. The van der Waals surface area contributed by atoms with Crippen molar-refractivity contribution in [1.82, 2.24) is 20.0 Å². The van der Waals surface area contributed by atoms with Gasteiger partial charge in [-0.1, -0.05) is 48.0 Å². The molecule has 6 heteroatoms. The van der Waals surface area contributed by atoms with Gasteiger partial charge in [-0.2, -0.15) is 5.10 Å². The molecule has 1 N–H and O–H groups in total. The van der Waals surface area contributed by atoms with E-state index in [1.165, 1.54) is 5.56 Å². The fourth-order valence-electron chi connectivity index (χ4n) is 2.51. The zero-order valence-corrected chi connectivity index (χ0v) is 13.7. The zero-order valence-electron chi connectivity index (χ0n) is 12.9. The third kappa shape index (κ3) is 2.68. The van der Waals surface area contributed by atoms with E-state index in [4.69, 9.17) is 21.7 Å². The normalized spacial score (nSPS) is 10.9. The molecule has 0 bridgehead atoms. The predicted molar refractivity (Wildman–Crippen MR) is 94.4 cm³/mol. The molecule has 24 heavy (non-hydrogen) atoms. The van der Waals surface area contributed by atoms with Gasteiger partial charge in [-0.05, 0) is 37.3 Å². The molecular weight excluding hydrogens is 320 g/mol. The summed E-state index contributed by atoms with van der Waals surface area (Å²) in [4.78, 5) is 0.239. The Kier molecular flexibility index (Phi) is 3.59. The molecule has 0 saturated heterocycles. The number of aryl methyl sites for hydroxylation is 1. The molecule has 118 valence electrons. The summed E-state index contributed by atoms with van der Waals surface area (Å²) >= 11 is 5.00. The highest BCUT2D eigenvalue weighted by Gasteiger charge is 2.16. The van der Waals surface area contributed by atoms with Crippen LogP contribution in [-0.4, -0.2) is 20.0 Å².